The van der Waals surface area contributed by atoms with E-state index in [4.69, 9.17) is 5.73 Å². The number of carboxylic acid groups (broad SMARTS) is 1. The highest BCUT2D eigenvalue weighted by Gasteiger charge is 2.55. The Morgan fingerprint density at radius 3 is 2.58 bits per heavy atom. The quantitative estimate of drug-likeness (QED) is 0.659. The Morgan fingerprint density at radius 2 is 1.97 bits per heavy atom. The highest BCUT2D eigenvalue weighted by atomic mass is 19.1. The number of nitrogens with zero attached hydrogens (tertiary/aromatic N) is 3. The summed E-state index contributed by atoms with van der Waals surface area (Å²) in [5, 5.41) is 9.09. The number of aromatic nitrogens is 2. The number of benzene rings is 1. The molecular weight excluding hydrogens is 413 g/mol. The summed E-state index contributed by atoms with van der Waals surface area (Å²) >= 11 is 0. The number of anilines is 1. The van der Waals surface area contributed by atoms with Crippen molar-refractivity contribution in [2.24, 2.45) is 11.1 Å². The molecule has 6 rings (SSSR count). The van der Waals surface area contributed by atoms with Crippen LogP contribution in [-0.4, -0.2) is 39.8 Å². The van der Waals surface area contributed by atoms with Crippen LogP contribution in [0.5, 0.6) is 0 Å². The molecule has 3 fully saturated rings. The zero-order chi connectivity index (χ0) is 22.1. The second kappa shape index (κ2) is 6.55. The molecule has 0 atom stereocenters. The van der Waals surface area contributed by atoms with Gasteiger partial charge in [-0.05, 0) is 37.6 Å². The molecule has 1 aromatic carbocycles. The van der Waals surface area contributed by atoms with Crippen LogP contribution in [0.4, 0.5) is 19.0 Å². The van der Waals surface area contributed by atoms with Gasteiger partial charge in [0, 0.05) is 30.3 Å². The fourth-order valence-electron chi connectivity index (χ4n) is 4.69. The minimum absolute atomic E-state index is 0.0101. The molecule has 4 heterocycles. The summed E-state index contributed by atoms with van der Waals surface area (Å²) in [6.45, 7) is 0.967. The minimum Gasteiger partial charge on any atom is -0.477 e. The van der Waals surface area contributed by atoms with Crippen molar-refractivity contribution in [1.82, 2.24) is 9.55 Å². The summed E-state index contributed by atoms with van der Waals surface area (Å²) in [6.07, 6.45) is 2.53. The van der Waals surface area contributed by atoms with Gasteiger partial charge in [-0.2, -0.15) is 0 Å². The number of fused-ring (bicyclic) bond motifs is 2. The molecule has 1 aliphatic carbocycles. The average Bonchev–Trinajstić information content (AvgIpc) is 3.24. The number of carbonyl (C=O) groups is 1. The summed E-state index contributed by atoms with van der Waals surface area (Å²) in [5.41, 5.74) is 3.79. The maximum absolute atomic E-state index is 15.0. The molecule has 0 radical (unpaired) electrons. The van der Waals surface area contributed by atoms with Gasteiger partial charge >= 0.3 is 5.97 Å². The second-order valence-corrected chi connectivity index (χ2v) is 8.20. The largest absolute Gasteiger partial charge is 0.477 e. The van der Waals surface area contributed by atoms with Gasteiger partial charge in [0.05, 0.1) is 11.1 Å². The average molecular weight is 430 g/mol. The molecule has 10 heteroatoms. The van der Waals surface area contributed by atoms with Gasteiger partial charge in [-0.15, -0.1) is 0 Å². The number of nitrogens with two attached hydrogens (primary N) is 1. The normalized spacial score (nSPS) is 22.1. The van der Waals surface area contributed by atoms with Crippen LogP contribution in [0.3, 0.4) is 0 Å². The molecule has 0 spiro atoms. The first-order valence-corrected chi connectivity index (χ1v) is 9.64. The van der Waals surface area contributed by atoms with Gasteiger partial charge in [0.2, 0.25) is 5.43 Å². The van der Waals surface area contributed by atoms with Crippen molar-refractivity contribution in [2.45, 2.75) is 18.9 Å². The van der Waals surface area contributed by atoms with Crippen molar-refractivity contribution in [3.8, 4) is 5.69 Å². The van der Waals surface area contributed by atoms with E-state index in [1.54, 1.807) is 4.90 Å². The molecule has 1 saturated carbocycles. The van der Waals surface area contributed by atoms with Gasteiger partial charge < -0.3 is 15.7 Å². The number of halogens is 3. The topological polar surface area (TPSA) is 101 Å². The van der Waals surface area contributed by atoms with E-state index in [-0.39, 0.29) is 34.0 Å². The Labute approximate surface area is 173 Å². The van der Waals surface area contributed by atoms with Gasteiger partial charge in [0.1, 0.15) is 17.2 Å². The SMILES string of the molecule is NCC12CC(C1)N(c1nc3c(cc1F)c(=O)c(C(=O)O)cn3-c1ccc(F)cc1F)C2. The fourth-order valence-corrected chi connectivity index (χ4v) is 4.69. The lowest BCUT2D eigenvalue weighted by atomic mass is 9.70. The molecule has 3 N–H and O–H groups in total. The number of aromatic carboxylic acids is 1. The van der Waals surface area contributed by atoms with Crippen LogP contribution in [0.15, 0.2) is 35.3 Å². The molecule has 0 unspecified atom stereocenters. The Kier molecular flexibility index (Phi) is 4.13. The number of carboxylic acids is 1. The van der Waals surface area contributed by atoms with Crippen molar-refractivity contribution in [3.63, 3.8) is 0 Å². The molecule has 0 amide bonds. The van der Waals surface area contributed by atoms with E-state index in [0.29, 0.717) is 19.2 Å². The zero-order valence-electron chi connectivity index (χ0n) is 16.1. The lowest BCUT2D eigenvalue weighted by Crippen LogP contribution is -2.40. The van der Waals surface area contributed by atoms with Crippen LogP contribution in [0.1, 0.15) is 23.2 Å². The standard InChI is InChI=1S/C21H17F3N4O3/c22-10-1-2-16(14(23)3-10)27-7-13(20(30)31)17(29)12-4-15(24)19(26-18(12)27)28-9-21(8-25)5-11(28)6-21/h1-4,7,11H,5-6,8-9,25H2,(H,30,31). The summed E-state index contributed by atoms with van der Waals surface area (Å²) in [6, 6.07) is 3.71. The fraction of sp³-hybridized carbons (Fsp3) is 0.286. The Balaban J connectivity index is 1.78. The van der Waals surface area contributed by atoms with Gasteiger partial charge in [0.15, 0.2) is 17.3 Å². The van der Waals surface area contributed by atoms with Crippen LogP contribution in [-0.2, 0) is 0 Å². The Hall–Kier alpha value is -3.40. The van der Waals surface area contributed by atoms with E-state index in [0.717, 1.165) is 41.8 Å². The van der Waals surface area contributed by atoms with Crippen LogP contribution in [0.25, 0.3) is 16.7 Å². The summed E-state index contributed by atoms with van der Waals surface area (Å²) in [7, 11) is 0. The van der Waals surface area contributed by atoms with E-state index in [2.05, 4.69) is 4.98 Å². The summed E-state index contributed by atoms with van der Waals surface area (Å²) in [5.74, 6) is -4.16. The van der Waals surface area contributed by atoms with Crippen molar-refractivity contribution < 1.29 is 23.1 Å². The number of hydrogen-bond acceptors (Lipinski definition) is 5. The van der Waals surface area contributed by atoms with E-state index < -0.39 is 34.4 Å². The monoisotopic (exact) mass is 430 g/mol. The van der Waals surface area contributed by atoms with Gasteiger partial charge in [-0.25, -0.2) is 22.9 Å². The van der Waals surface area contributed by atoms with Crippen LogP contribution < -0.4 is 16.1 Å². The van der Waals surface area contributed by atoms with Gasteiger partial charge in [-0.3, -0.25) is 9.36 Å². The molecular formula is C21H17F3N4O3. The first-order chi connectivity index (χ1) is 14.7. The smallest absolute Gasteiger partial charge is 0.341 e. The summed E-state index contributed by atoms with van der Waals surface area (Å²) < 4.78 is 44.0. The first kappa shape index (κ1) is 19.6. The highest BCUT2D eigenvalue weighted by molar-refractivity contribution is 5.92. The molecule has 3 aliphatic rings. The van der Waals surface area contributed by atoms with E-state index >= 15 is 4.39 Å². The maximum Gasteiger partial charge on any atom is 0.341 e. The number of rotatable bonds is 4. The van der Waals surface area contributed by atoms with Crippen molar-refractivity contribution in [2.75, 3.05) is 18.0 Å². The lowest BCUT2D eigenvalue weighted by molar-refractivity contribution is 0.0695. The highest BCUT2D eigenvalue weighted by Crippen LogP contribution is 2.52. The molecule has 31 heavy (non-hydrogen) atoms. The second-order valence-electron chi connectivity index (χ2n) is 8.20. The Morgan fingerprint density at radius 1 is 1.23 bits per heavy atom. The van der Waals surface area contributed by atoms with Gasteiger partial charge in [0.25, 0.3) is 0 Å². The number of pyridine rings is 2. The minimum atomic E-state index is -1.56. The molecule has 160 valence electrons. The van der Waals surface area contributed by atoms with E-state index in [9.17, 15) is 23.5 Å². The molecule has 3 aromatic rings. The molecule has 7 nitrogen and oxygen atoms in total. The number of hydrogen-bond donors (Lipinski definition) is 2. The van der Waals surface area contributed by atoms with Crippen molar-refractivity contribution >= 4 is 22.8 Å². The van der Waals surface area contributed by atoms with Gasteiger partial charge in [-0.1, -0.05) is 0 Å². The maximum atomic E-state index is 15.0. The molecule has 2 aromatic heterocycles. The Bertz CT molecular complexity index is 1320. The molecule has 2 aliphatic heterocycles. The van der Waals surface area contributed by atoms with Crippen LogP contribution in [0.2, 0.25) is 0 Å². The zero-order valence-corrected chi connectivity index (χ0v) is 16.1. The molecule has 2 bridgehead atoms. The molecule has 2 saturated heterocycles. The third-order valence-corrected chi connectivity index (χ3v) is 6.30. The van der Waals surface area contributed by atoms with E-state index in [1.165, 1.54) is 0 Å². The third kappa shape index (κ3) is 2.82. The summed E-state index contributed by atoms with van der Waals surface area (Å²) in [4.78, 5) is 30.3. The third-order valence-electron chi connectivity index (χ3n) is 6.30. The van der Waals surface area contributed by atoms with Crippen LogP contribution in [0, 0.1) is 22.9 Å². The lowest BCUT2D eigenvalue weighted by Gasteiger charge is -2.35. The van der Waals surface area contributed by atoms with E-state index in [1.807, 2.05) is 0 Å². The predicted octanol–water partition coefficient (Wildman–Crippen LogP) is 2.43. The first-order valence-electron chi connectivity index (χ1n) is 9.64. The predicted molar refractivity (Wildman–Crippen MR) is 106 cm³/mol. The van der Waals surface area contributed by atoms with Crippen molar-refractivity contribution in [3.05, 3.63) is 63.7 Å². The van der Waals surface area contributed by atoms with Crippen molar-refractivity contribution in [1.29, 1.82) is 0 Å². The van der Waals surface area contributed by atoms with Crippen LogP contribution >= 0.6 is 0 Å².